The highest BCUT2D eigenvalue weighted by molar-refractivity contribution is 5.45. The molecular formula is C18H28N2O. The normalized spacial score (nSPS) is 21.1. The molecule has 1 aromatic carbocycles. The van der Waals surface area contributed by atoms with Crippen LogP contribution in [0.3, 0.4) is 0 Å². The number of fused-ring (bicyclic) bond motifs is 1. The number of benzene rings is 1. The van der Waals surface area contributed by atoms with Gasteiger partial charge in [-0.05, 0) is 70.2 Å². The quantitative estimate of drug-likeness (QED) is 0.929. The number of nitrogens with zero attached hydrogens (tertiary/aromatic N) is 1. The van der Waals surface area contributed by atoms with Crippen LogP contribution in [0.2, 0.25) is 0 Å². The Balaban J connectivity index is 1.69. The number of aryl methyl sites for hydroxylation is 3. The molecule has 2 aliphatic heterocycles. The molecule has 2 N–H and O–H groups in total. The van der Waals surface area contributed by atoms with Crippen LogP contribution in [0.15, 0.2) is 12.1 Å². The van der Waals surface area contributed by atoms with Gasteiger partial charge in [0.05, 0.1) is 0 Å². The number of rotatable bonds is 3. The van der Waals surface area contributed by atoms with Crippen LogP contribution in [0.5, 0.6) is 5.75 Å². The second-order valence-corrected chi connectivity index (χ2v) is 6.84. The van der Waals surface area contributed by atoms with Crippen molar-refractivity contribution >= 4 is 0 Å². The standard InChI is InChI=1S/C18H28N2O/c1-14-12-15(2)17-16(13-14)4-5-18(21-17)6-10-20(11-7-18)9-3-8-19/h12-13H,3-11,19H2,1-2H3. The second kappa shape index (κ2) is 5.98. The summed E-state index contributed by atoms with van der Waals surface area (Å²) in [7, 11) is 0. The third-order valence-corrected chi connectivity index (χ3v) is 5.11. The third kappa shape index (κ3) is 3.09. The van der Waals surface area contributed by atoms with E-state index in [0.717, 1.165) is 45.4 Å². The SMILES string of the molecule is Cc1cc(C)c2c(c1)CCC1(CCN(CCCN)CC1)O2. The monoisotopic (exact) mass is 288 g/mol. The van der Waals surface area contributed by atoms with E-state index in [0.29, 0.717) is 0 Å². The summed E-state index contributed by atoms with van der Waals surface area (Å²) in [6.45, 7) is 8.60. The Morgan fingerprint density at radius 2 is 1.95 bits per heavy atom. The molecule has 0 atom stereocenters. The van der Waals surface area contributed by atoms with E-state index in [1.54, 1.807) is 0 Å². The largest absolute Gasteiger partial charge is 0.487 e. The van der Waals surface area contributed by atoms with E-state index >= 15 is 0 Å². The highest BCUT2D eigenvalue weighted by Gasteiger charge is 2.39. The van der Waals surface area contributed by atoms with Crippen molar-refractivity contribution in [1.29, 1.82) is 0 Å². The molecule has 0 unspecified atom stereocenters. The average molecular weight is 288 g/mol. The Kier molecular flexibility index (Phi) is 4.23. The minimum atomic E-state index is 0.0895. The lowest BCUT2D eigenvalue weighted by Gasteiger charge is -2.45. The van der Waals surface area contributed by atoms with Crippen molar-refractivity contribution in [2.45, 2.75) is 51.6 Å². The average Bonchev–Trinajstić information content (AvgIpc) is 2.48. The van der Waals surface area contributed by atoms with Gasteiger partial charge in [0.1, 0.15) is 11.4 Å². The molecule has 0 aromatic heterocycles. The van der Waals surface area contributed by atoms with Crippen LogP contribution >= 0.6 is 0 Å². The van der Waals surface area contributed by atoms with E-state index in [1.165, 1.54) is 35.3 Å². The van der Waals surface area contributed by atoms with Gasteiger partial charge in [0.2, 0.25) is 0 Å². The molecule has 0 amide bonds. The maximum Gasteiger partial charge on any atom is 0.126 e. The maximum atomic E-state index is 6.55. The van der Waals surface area contributed by atoms with Crippen LogP contribution in [0, 0.1) is 13.8 Å². The molecule has 21 heavy (non-hydrogen) atoms. The maximum absolute atomic E-state index is 6.55. The van der Waals surface area contributed by atoms with Gasteiger partial charge in [0.15, 0.2) is 0 Å². The molecule has 3 rings (SSSR count). The zero-order chi connectivity index (χ0) is 14.9. The molecule has 2 aliphatic rings. The highest BCUT2D eigenvalue weighted by atomic mass is 16.5. The number of ether oxygens (including phenoxy) is 1. The van der Waals surface area contributed by atoms with Crippen LogP contribution in [0.1, 0.15) is 42.4 Å². The summed E-state index contributed by atoms with van der Waals surface area (Å²) in [5.41, 5.74) is 9.76. The first-order valence-electron chi connectivity index (χ1n) is 8.33. The van der Waals surface area contributed by atoms with Gasteiger partial charge < -0.3 is 15.4 Å². The van der Waals surface area contributed by atoms with Gasteiger partial charge in [-0.25, -0.2) is 0 Å². The van der Waals surface area contributed by atoms with E-state index in [1.807, 2.05) is 0 Å². The molecule has 1 saturated heterocycles. The Labute approximate surface area is 128 Å². The van der Waals surface area contributed by atoms with Crippen molar-refractivity contribution in [3.05, 3.63) is 28.8 Å². The summed E-state index contributed by atoms with van der Waals surface area (Å²) in [5.74, 6) is 1.17. The summed E-state index contributed by atoms with van der Waals surface area (Å²) < 4.78 is 6.55. The summed E-state index contributed by atoms with van der Waals surface area (Å²) in [5, 5.41) is 0. The predicted octanol–water partition coefficient (Wildman–Crippen LogP) is 2.81. The zero-order valence-corrected chi connectivity index (χ0v) is 13.5. The zero-order valence-electron chi connectivity index (χ0n) is 13.5. The minimum absolute atomic E-state index is 0.0895. The van der Waals surface area contributed by atoms with E-state index in [4.69, 9.17) is 10.5 Å². The Morgan fingerprint density at radius 3 is 2.67 bits per heavy atom. The first-order valence-corrected chi connectivity index (χ1v) is 8.33. The first kappa shape index (κ1) is 14.9. The van der Waals surface area contributed by atoms with Crippen LogP contribution in [0.4, 0.5) is 0 Å². The van der Waals surface area contributed by atoms with Crippen molar-refractivity contribution in [2.75, 3.05) is 26.2 Å². The van der Waals surface area contributed by atoms with Crippen LogP contribution in [-0.2, 0) is 6.42 Å². The lowest BCUT2D eigenvalue weighted by Crippen LogP contribution is -2.50. The fraction of sp³-hybridized carbons (Fsp3) is 0.667. The molecule has 116 valence electrons. The van der Waals surface area contributed by atoms with Gasteiger partial charge in [-0.2, -0.15) is 0 Å². The Bertz CT molecular complexity index is 504. The van der Waals surface area contributed by atoms with E-state index in [-0.39, 0.29) is 5.60 Å². The topological polar surface area (TPSA) is 38.5 Å². The fourth-order valence-electron chi connectivity index (χ4n) is 3.86. The number of hydrogen-bond donors (Lipinski definition) is 1. The second-order valence-electron chi connectivity index (χ2n) is 6.84. The summed E-state index contributed by atoms with van der Waals surface area (Å²) in [6.07, 6.45) is 5.76. The van der Waals surface area contributed by atoms with Gasteiger partial charge in [0.25, 0.3) is 0 Å². The molecule has 0 saturated carbocycles. The van der Waals surface area contributed by atoms with Crippen LogP contribution in [-0.4, -0.2) is 36.7 Å². The number of hydrogen-bond acceptors (Lipinski definition) is 3. The van der Waals surface area contributed by atoms with Crippen molar-refractivity contribution in [1.82, 2.24) is 4.90 Å². The molecule has 1 fully saturated rings. The van der Waals surface area contributed by atoms with Gasteiger partial charge in [-0.1, -0.05) is 17.7 Å². The van der Waals surface area contributed by atoms with Crippen molar-refractivity contribution in [3.8, 4) is 5.75 Å². The minimum Gasteiger partial charge on any atom is -0.487 e. The number of nitrogens with two attached hydrogens (primary N) is 1. The molecule has 0 radical (unpaired) electrons. The predicted molar refractivity (Wildman–Crippen MR) is 86.9 cm³/mol. The lowest BCUT2D eigenvalue weighted by atomic mass is 9.82. The first-order chi connectivity index (χ1) is 10.1. The Hall–Kier alpha value is -1.06. The van der Waals surface area contributed by atoms with Gasteiger partial charge in [0, 0.05) is 13.1 Å². The van der Waals surface area contributed by atoms with Gasteiger partial charge in [-0.3, -0.25) is 0 Å². The number of likely N-dealkylation sites (tertiary alicyclic amines) is 1. The van der Waals surface area contributed by atoms with Gasteiger partial charge in [-0.15, -0.1) is 0 Å². The van der Waals surface area contributed by atoms with Crippen molar-refractivity contribution in [2.24, 2.45) is 5.73 Å². The third-order valence-electron chi connectivity index (χ3n) is 5.11. The highest BCUT2D eigenvalue weighted by Crippen LogP contribution is 2.41. The molecule has 0 bridgehead atoms. The van der Waals surface area contributed by atoms with Crippen LogP contribution in [0.25, 0.3) is 0 Å². The molecule has 0 aliphatic carbocycles. The summed E-state index contributed by atoms with van der Waals surface area (Å²) >= 11 is 0. The van der Waals surface area contributed by atoms with E-state index in [2.05, 4.69) is 30.9 Å². The summed E-state index contributed by atoms with van der Waals surface area (Å²) in [6, 6.07) is 4.54. The molecule has 3 nitrogen and oxygen atoms in total. The van der Waals surface area contributed by atoms with E-state index < -0.39 is 0 Å². The fourth-order valence-corrected chi connectivity index (χ4v) is 3.86. The van der Waals surface area contributed by atoms with E-state index in [9.17, 15) is 0 Å². The Morgan fingerprint density at radius 1 is 1.19 bits per heavy atom. The molecule has 1 spiro atoms. The molecular weight excluding hydrogens is 260 g/mol. The molecule has 3 heteroatoms. The molecule has 1 aromatic rings. The smallest absolute Gasteiger partial charge is 0.126 e. The van der Waals surface area contributed by atoms with Crippen molar-refractivity contribution in [3.63, 3.8) is 0 Å². The molecule has 2 heterocycles. The van der Waals surface area contributed by atoms with Gasteiger partial charge >= 0.3 is 0 Å². The van der Waals surface area contributed by atoms with Crippen LogP contribution < -0.4 is 10.5 Å². The number of piperidine rings is 1. The summed E-state index contributed by atoms with van der Waals surface area (Å²) in [4.78, 5) is 2.54. The van der Waals surface area contributed by atoms with Crippen molar-refractivity contribution < 1.29 is 4.74 Å². The lowest BCUT2D eigenvalue weighted by molar-refractivity contribution is -0.0150.